The van der Waals surface area contributed by atoms with E-state index in [0.29, 0.717) is 5.56 Å². The maximum Gasteiger partial charge on any atom is 0.240 e. The van der Waals surface area contributed by atoms with Crippen molar-refractivity contribution < 1.29 is 15.0 Å². The minimum Gasteiger partial charge on any atom is -0.389 e. The van der Waals surface area contributed by atoms with Crippen molar-refractivity contribution in [3.05, 3.63) is 29.8 Å². The van der Waals surface area contributed by atoms with E-state index in [4.69, 9.17) is 11.6 Å². The lowest BCUT2D eigenvalue weighted by molar-refractivity contribution is 0.0331. The van der Waals surface area contributed by atoms with Crippen LogP contribution >= 0.6 is 11.6 Å². The van der Waals surface area contributed by atoms with Crippen molar-refractivity contribution in [1.29, 1.82) is 0 Å². The van der Waals surface area contributed by atoms with Gasteiger partial charge in [-0.25, -0.2) is 4.79 Å². The summed E-state index contributed by atoms with van der Waals surface area (Å²) < 4.78 is 0. The number of rotatable bonds is 4. The highest BCUT2D eigenvalue weighted by molar-refractivity contribution is 6.18. The van der Waals surface area contributed by atoms with Crippen LogP contribution in [0.1, 0.15) is 11.7 Å². The second kappa shape index (κ2) is 5.63. The van der Waals surface area contributed by atoms with Gasteiger partial charge in [0.25, 0.3) is 0 Å². The number of aliphatic hydroxyl groups is 2. The molecule has 0 amide bonds. The van der Waals surface area contributed by atoms with Crippen LogP contribution in [0.4, 0.5) is 5.69 Å². The first kappa shape index (κ1) is 11.9. The van der Waals surface area contributed by atoms with Crippen molar-refractivity contribution in [2.75, 3.05) is 5.88 Å². The van der Waals surface area contributed by atoms with Crippen LogP contribution in [-0.4, -0.2) is 28.3 Å². The average Bonchev–Trinajstić information content (AvgIpc) is 2.28. The van der Waals surface area contributed by atoms with Crippen molar-refractivity contribution in [1.82, 2.24) is 0 Å². The molecule has 0 heterocycles. The molecule has 0 spiro atoms. The van der Waals surface area contributed by atoms with Gasteiger partial charge in [0.2, 0.25) is 6.08 Å². The summed E-state index contributed by atoms with van der Waals surface area (Å²) >= 11 is 5.41. The molecule has 0 fully saturated rings. The first-order valence-electron chi connectivity index (χ1n) is 4.29. The number of alkyl halides is 1. The largest absolute Gasteiger partial charge is 0.389 e. The van der Waals surface area contributed by atoms with Crippen LogP contribution in [0.3, 0.4) is 0 Å². The van der Waals surface area contributed by atoms with E-state index >= 15 is 0 Å². The third kappa shape index (κ3) is 2.88. The molecular weight excluding hydrogens is 218 g/mol. The lowest BCUT2D eigenvalue weighted by Gasteiger charge is -2.16. The first-order valence-corrected chi connectivity index (χ1v) is 4.83. The number of isocyanates is 1. The first-order chi connectivity index (χ1) is 7.20. The summed E-state index contributed by atoms with van der Waals surface area (Å²) in [6.07, 6.45) is -0.859. The number of nitrogens with zero attached hydrogens (tertiary/aromatic N) is 1. The van der Waals surface area contributed by atoms with Gasteiger partial charge in [0.05, 0.1) is 17.7 Å². The Bertz CT molecular complexity index is 377. The molecule has 0 saturated heterocycles. The van der Waals surface area contributed by atoms with Crippen LogP contribution < -0.4 is 0 Å². The van der Waals surface area contributed by atoms with E-state index in [1.54, 1.807) is 24.3 Å². The molecule has 0 aliphatic heterocycles. The number of halogens is 1. The van der Waals surface area contributed by atoms with E-state index in [2.05, 4.69) is 4.99 Å². The Labute approximate surface area is 91.8 Å². The second-order valence-corrected chi connectivity index (χ2v) is 3.24. The maximum atomic E-state index is 10.1. The molecule has 2 N–H and O–H groups in total. The Balaban J connectivity index is 3.07. The molecule has 1 aromatic carbocycles. The number of aliphatic hydroxyl groups excluding tert-OH is 2. The minimum atomic E-state index is -1.16. The van der Waals surface area contributed by atoms with E-state index in [-0.39, 0.29) is 11.6 Å². The molecule has 0 saturated carbocycles. The fourth-order valence-corrected chi connectivity index (χ4v) is 1.35. The molecule has 4 nitrogen and oxygen atoms in total. The number of aliphatic imine (C=N–C) groups is 1. The van der Waals surface area contributed by atoms with Crippen molar-refractivity contribution in [2.24, 2.45) is 4.99 Å². The standard InChI is InChI=1S/C10H10ClNO3/c11-5-9(14)10(15)7-3-1-2-4-8(7)12-6-13/h1-4,9-10,14-15H,5H2. The number of benzene rings is 1. The van der Waals surface area contributed by atoms with Gasteiger partial charge in [-0.2, -0.15) is 4.99 Å². The summed E-state index contributed by atoms with van der Waals surface area (Å²) in [5, 5.41) is 19.0. The molecule has 0 aromatic heterocycles. The van der Waals surface area contributed by atoms with E-state index in [9.17, 15) is 15.0 Å². The number of para-hydroxylation sites is 1. The van der Waals surface area contributed by atoms with E-state index in [1.165, 1.54) is 6.08 Å². The lowest BCUT2D eigenvalue weighted by atomic mass is 10.0. The van der Waals surface area contributed by atoms with Gasteiger partial charge in [0, 0.05) is 5.56 Å². The molecule has 1 rings (SSSR count). The zero-order valence-corrected chi connectivity index (χ0v) is 8.55. The molecule has 2 atom stereocenters. The van der Waals surface area contributed by atoms with Crippen LogP contribution in [0.2, 0.25) is 0 Å². The van der Waals surface area contributed by atoms with Gasteiger partial charge in [0.15, 0.2) is 0 Å². The third-order valence-electron chi connectivity index (χ3n) is 1.94. The molecule has 0 aliphatic carbocycles. The van der Waals surface area contributed by atoms with Gasteiger partial charge in [0.1, 0.15) is 6.10 Å². The zero-order chi connectivity index (χ0) is 11.3. The monoisotopic (exact) mass is 227 g/mol. The van der Waals surface area contributed by atoms with Crippen LogP contribution in [0, 0.1) is 0 Å². The fraction of sp³-hybridized carbons (Fsp3) is 0.300. The molecule has 2 unspecified atom stereocenters. The molecule has 1 aromatic rings. The Morgan fingerprint density at radius 2 is 2.07 bits per heavy atom. The average molecular weight is 228 g/mol. The normalized spacial score (nSPS) is 14.1. The summed E-state index contributed by atoms with van der Waals surface area (Å²) in [7, 11) is 0. The van der Waals surface area contributed by atoms with Crippen LogP contribution in [0.25, 0.3) is 0 Å². The minimum absolute atomic E-state index is 0.0969. The highest BCUT2D eigenvalue weighted by Gasteiger charge is 2.19. The van der Waals surface area contributed by atoms with Crippen LogP contribution in [-0.2, 0) is 4.79 Å². The number of hydrogen-bond donors (Lipinski definition) is 2. The van der Waals surface area contributed by atoms with Crippen LogP contribution in [0.5, 0.6) is 0 Å². The van der Waals surface area contributed by atoms with Crippen molar-refractivity contribution in [3.63, 3.8) is 0 Å². The Morgan fingerprint density at radius 3 is 2.67 bits per heavy atom. The Kier molecular flexibility index (Phi) is 4.46. The van der Waals surface area contributed by atoms with Gasteiger partial charge in [-0.05, 0) is 6.07 Å². The summed E-state index contributed by atoms with van der Waals surface area (Å²) in [6, 6.07) is 6.45. The maximum absolute atomic E-state index is 10.1. The third-order valence-corrected chi connectivity index (χ3v) is 2.26. The topological polar surface area (TPSA) is 69.9 Å². The molecular formula is C10H10ClNO3. The molecule has 80 valence electrons. The van der Waals surface area contributed by atoms with Crippen LogP contribution in [0.15, 0.2) is 29.3 Å². The predicted octanol–water partition coefficient (Wildman–Crippen LogP) is 1.29. The van der Waals surface area contributed by atoms with Gasteiger partial charge in [-0.15, -0.1) is 11.6 Å². The summed E-state index contributed by atoms with van der Waals surface area (Å²) in [6.45, 7) is 0. The van der Waals surface area contributed by atoms with Gasteiger partial charge in [-0.1, -0.05) is 18.2 Å². The van der Waals surface area contributed by atoms with Gasteiger partial charge in [-0.3, -0.25) is 0 Å². The van der Waals surface area contributed by atoms with E-state index in [0.717, 1.165) is 0 Å². The van der Waals surface area contributed by atoms with Gasteiger partial charge < -0.3 is 10.2 Å². The Morgan fingerprint density at radius 1 is 1.40 bits per heavy atom. The quantitative estimate of drug-likeness (QED) is 0.463. The van der Waals surface area contributed by atoms with Crippen molar-refractivity contribution in [3.8, 4) is 0 Å². The fourth-order valence-electron chi connectivity index (χ4n) is 1.18. The van der Waals surface area contributed by atoms with Crippen molar-refractivity contribution >= 4 is 23.4 Å². The highest BCUT2D eigenvalue weighted by atomic mass is 35.5. The van der Waals surface area contributed by atoms with Gasteiger partial charge >= 0.3 is 0 Å². The predicted molar refractivity (Wildman–Crippen MR) is 55.9 cm³/mol. The lowest BCUT2D eigenvalue weighted by Crippen LogP contribution is -2.19. The molecule has 0 radical (unpaired) electrons. The SMILES string of the molecule is O=C=Nc1ccccc1C(O)C(O)CCl. The molecule has 15 heavy (non-hydrogen) atoms. The zero-order valence-electron chi connectivity index (χ0n) is 7.80. The summed E-state index contributed by atoms with van der Waals surface area (Å²) in [5.41, 5.74) is 0.637. The molecule has 0 aliphatic rings. The number of carbonyl (C=O) groups excluding carboxylic acids is 1. The number of hydrogen-bond acceptors (Lipinski definition) is 4. The Hall–Kier alpha value is -1.19. The summed E-state index contributed by atoms with van der Waals surface area (Å²) in [5.74, 6) is -0.0969. The van der Waals surface area contributed by atoms with E-state index < -0.39 is 12.2 Å². The smallest absolute Gasteiger partial charge is 0.240 e. The van der Waals surface area contributed by atoms with Crippen molar-refractivity contribution in [2.45, 2.75) is 12.2 Å². The molecule has 5 heteroatoms. The highest BCUT2D eigenvalue weighted by Crippen LogP contribution is 2.27. The van der Waals surface area contributed by atoms with E-state index in [1.807, 2.05) is 0 Å². The second-order valence-electron chi connectivity index (χ2n) is 2.93. The summed E-state index contributed by atoms with van der Waals surface area (Å²) in [4.78, 5) is 13.6. The molecule has 0 bridgehead atoms.